The highest BCUT2D eigenvalue weighted by atomic mass is 16.3. The standard InChI is InChI=1S/C12H23O/c1-3-4-5-6-7-8-9-10-12(2)11-13/h6-7,12H,3-5,8-11H2,1-2H3. The summed E-state index contributed by atoms with van der Waals surface area (Å²) >= 11 is 0. The molecule has 0 rings (SSSR count). The molecular weight excluding hydrogens is 160 g/mol. The Morgan fingerprint density at radius 1 is 1.15 bits per heavy atom. The molecule has 1 atom stereocenters. The van der Waals surface area contributed by atoms with Crippen molar-refractivity contribution >= 4 is 0 Å². The zero-order valence-corrected chi connectivity index (χ0v) is 9.09. The third kappa shape index (κ3) is 9.62. The van der Waals surface area contributed by atoms with Crippen molar-refractivity contribution in [3.05, 3.63) is 12.2 Å². The SMILES string of the molecule is CCCCC=CCCCC(C)C[O]. The van der Waals surface area contributed by atoms with Crippen LogP contribution in [0.5, 0.6) is 0 Å². The van der Waals surface area contributed by atoms with Crippen molar-refractivity contribution in [3.63, 3.8) is 0 Å². The molecule has 0 aliphatic carbocycles. The molecule has 13 heavy (non-hydrogen) atoms. The van der Waals surface area contributed by atoms with Gasteiger partial charge in [0.1, 0.15) is 0 Å². The van der Waals surface area contributed by atoms with Gasteiger partial charge in [0.2, 0.25) is 0 Å². The highest BCUT2D eigenvalue weighted by molar-refractivity contribution is 4.81. The summed E-state index contributed by atoms with van der Waals surface area (Å²) in [7, 11) is 0. The second-order valence-electron chi connectivity index (χ2n) is 3.82. The van der Waals surface area contributed by atoms with E-state index in [1.807, 2.05) is 6.92 Å². The minimum atomic E-state index is 0.0829. The van der Waals surface area contributed by atoms with Crippen LogP contribution in [0.1, 0.15) is 52.4 Å². The molecule has 1 heteroatoms. The van der Waals surface area contributed by atoms with Gasteiger partial charge in [-0.15, -0.1) is 0 Å². The fourth-order valence-electron chi connectivity index (χ4n) is 1.23. The minimum absolute atomic E-state index is 0.0829. The summed E-state index contributed by atoms with van der Waals surface area (Å²) < 4.78 is 0. The molecule has 0 heterocycles. The van der Waals surface area contributed by atoms with E-state index in [9.17, 15) is 5.11 Å². The first-order valence-electron chi connectivity index (χ1n) is 5.54. The van der Waals surface area contributed by atoms with Gasteiger partial charge in [-0.05, 0) is 31.6 Å². The van der Waals surface area contributed by atoms with E-state index in [-0.39, 0.29) is 6.61 Å². The summed E-state index contributed by atoms with van der Waals surface area (Å²) in [5.41, 5.74) is 0. The second-order valence-corrected chi connectivity index (χ2v) is 3.82. The molecule has 1 radical (unpaired) electrons. The first-order chi connectivity index (χ1) is 6.31. The summed E-state index contributed by atoms with van der Waals surface area (Å²) in [6, 6.07) is 0. The van der Waals surface area contributed by atoms with Gasteiger partial charge in [0.05, 0.1) is 6.61 Å². The molecular formula is C12H23O. The molecule has 0 bridgehead atoms. The first kappa shape index (κ1) is 12.7. The van der Waals surface area contributed by atoms with Crippen molar-refractivity contribution in [2.45, 2.75) is 52.4 Å². The van der Waals surface area contributed by atoms with Crippen LogP contribution in [0.25, 0.3) is 0 Å². The molecule has 0 amide bonds. The van der Waals surface area contributed by atoms with Crippen LogP contribution in [0.3, 0.4) is 0 Å². The van der Waals surface area contributed by atoms with Gasteiger partial charge in [0.15, 0.2) is 0 Å². The van der Waals surface area contributed by atoms with Crippen LogP contribution in [0.4, 0.5) is 0 Å². The van der Waals surface area contributed by atoms with Gasteiger partial charge in [-0.25, -0.2) is 5.11 Å². The highest BCUT2D eigenvalue weighted by Gasteiger charge is 1.98. The quantitative estimate of drug-likeness (QED) is 0.401. The van der Waals surface area contributed by atoms with Gasteiger partial charge in [-0.2, -0.15) is 0 Å². The molecule has 0 fully saturated rings. The molecule has 0 aromatic carbocycles. The number of unbranched alkanes of at least 4 members (excludes halogenated alkanes) is 3. The Morgan fingerprint density at radius 2 is 1.77 bits per heavy atom. The lowest BCUT2D eigenvalue weighted by molar-refractivity contribution is 0.146. The summed E-state index contributed by atoms with van der Waals surface area (Å²) in [6.07, 6.45) is 11.7. The Labute approximate surface area is 82.9 Å². The minimum Gasteiger partial charge on any atom is -0.236 e. The van der Waals surface area contributed by atoms with Crippen LogP contribution in [0.15, 0.2) is 12.2 Å². The molecule has 0 saturated heterocycles. The normalized spacial score (nSPS) is 13.8. The first-order valence-corrected chi connectivity index (χ1v) is 5.54. The van der Waals surface area contributed by atoms with Crippen molar-refractivity contribution in [1.29, 1.82) is 0 Å². The molecule has 1 unspecified atom stereocenters. The number of rotatable bonds is 8. The number of hydrogen-bond donors (Lipinski definition) is 0. The molecule has 77 valence electrons. The number of allylic oxidation sites excluding steroid dienone is 2. The molecule has 0 aromatic rings. The van der Waals surface area contributed by atoms with Crippen molar-refractivity contribution in [2.24, 2.45) is 5.92 Å². The van der Waals surface area contributed by atoms with Gasteiger partial charge in [0.25, 0.3) is 0 Å². The van der Waals surface area contributed by atoms with E-state index in [1.54, 1.807) is 0 Å². The predicted octanol–water partition coefficient (Wildman–Crippen LogP) is 3.97. The van der Waals surface area contributed by atoms with E-state index < -0.39 is 0 Å². The third-order valence-electron chi connectivity index (χ3n) is 2.24. The van der Waals surface area contributed by atoms with E-state index in [2.05, 4.69) is 19.1 Å². The zero-order valence-electron chi connectivity index (χ0n) is 9.09. The van der Waals surface area contributed by atoms with Crippen LogP contribution in [-0.2, 0) is 5.11 Å². The average molecular weight is 183 g/mol. The Balaban J connectivity index is 3.10. The van der Waals surface area contributed by atoms with E-state index in [0.717, 1.165) is 12.8 Å². The molecule has 0 aliphatic heterocycles. The Morgan fingerprint density at radius 3 is 2.31 bits per heavy atom. The van der Waals surface area contributed by atoms with Crippen LogP contribution < -0.4 is 0 Å². The zero-order chi connectivity index (χ0) is 9.94. The summed E-state index contributed by atoms with van der Waals surface area (Å²) in [5, 5.41) is 10.4. The van der Waals surface area contributed by atoms with E-state index in [0.29, 0.717) is 5.92 Å². The summed E-state index contributed by atoms with van der Waals surface area (Å²) in [6.45, 7) is 4.33. The maximum atomic E-state index is 10.4. The van der Waals surface area contributed by atoms with Gasteiger partial charge >= 0.3 is 0 Å². The van der Waals surface area contributed by atoms with E-state index in [1.165, 1.54) is 25.7 Å². The van der Waals surface area contributed by atoms with Gasteiger partial charge in [0, 0.05) is 0 Å². The lowest BCUT2D eigenvalue weighted by Gasteiger charge is -2.03. The lowest BCUT2D eigenvalue weighted by atomic mass is 10.1. The number of hydrogen-bond acceptors (Lipinski definition) is 0. The molecule has 0 aromatic heterocycles. The van der Waals surface area contributed by atoms with Gasteiger partial charge in [-0.1, -0.05) is 38.8 Å². The molecule has 0 spiro atoms. The predicted molar refractivity (Wildman–Crippen MR) is 57.2 cm³/mol. The Hall–Kier alpha value is -0.300. The fraction of sp³-hybridized carbons (Fsp3) is 0.833. The van der Waals surface area contributed by atoms with Gasteiger partial charge in [-0.3, -0.25) is 0 Å². The largest absolute Gasteiger partial charge is 0.236 e. The second kappa shape index (κ2) is 9.79. The van der Waals surface area contributed by atoms with E-state index >= 15 is 0 Å². The molecule has 0 saturated carbocycles. The summed E-state index contributed by atoms with van der Waals surface area (Å²) in [4.78, 5) is 0. The van der Waals surface area contributed by atoms with Crippen LogP contribution in [0.2, 0.25) is 0 Å². The molecule has 0 aliphatic rings. The maximum Gasteiger partial charge on any atom is 0.0847 e. The smallest absolute Gasteiger partial charge is 0.0847 e. The molecule has 1 nitrogen and oxygen atoms in total. The van der Waals surface area contributed by atoms with Crippen LogP contribution in [-0.4, -0.2) is 6.61 Å². The van der Waals surface area contributed by atoms with Crippen molar-refractivity contribution in [1.82, 2.24) is 0 Å². The van der Waals surface area contributed by atoms with Gasteiger partial charge < -0.3 is 0 Å². The van der Waals surface area contributed by atoms with Crippen molar-refractivity contribution in [2.75, 3.05) is 6.61 Å². The molecule has 0 N–H and O–H groups in total. The fourth-order valence-corrected chi connectivity index (χ4v) is 1.23. The average Bonchev–Trinajstić information content (AvgIpc) is 2.16. The summed E-state index contributed by atoms with van der Waals surface area (Å²) in [5.74, 6) is 0.365. The third-order valence-corrected chi connectivity index (χ3v) is 2.24. The maximum absolute atomic E-state index is 10.4. The Bertz CT molecular complexity index is 118. The topological polar surface area (TPSA) is 19.9 Å². The van der Waals surface area contributed by atoms with Crippen LogP contribution in [0, 0.1) is 5.92 Å². The van der Waals surface area contributed by atoms with E-state index in [4.69, 9.17) is 0 Å². The van der Waals surface area contributed by atoms with Crippen molar-refractivity contribution in [3.8, 4) is 0 Å². The van der Waals surface area contributed by atoms with Crippen molar-refractivity contribution < 1.29 is 5.11 Å². The lowest BCUT2D eigenvalue weighted by Crippen LogP contribution is -1.97. The highest BCUT2D eigenvalue weighted by Crippen LogP contribution is 2.07. The monoisotopic (exact) mass is 183 g/mol. The Kier molecular flexibility index (Phi) is 9.56. The van der Waals surface area contributed by atoms with Crippen LogP contribution >= 0.6 is 0 Å².